The van der Waals surface area contributed by atoms with E-state index < -0.39 is 6.10 Å². The molecule has 1 atom stereocenters. The van der Waals surface area contributed by atoms with E-state index in [1.54, 1.807) is 26.0 Å². The number of nitrogens with one attached hydrogen (secondary N) is 1. The number of hydrogen-bond acceptors (Lipinski definition) is 4. The molecule has 0 radical (unpaired) electrons. The van der Waals surface area contributed by atoms with Gasteiger partial charge in [0.25, 0.3) is 5.91 Å². The summed E-state index contributed by atoms with van der Waals surface area (Å²) >= 11 is 0. The highest BCUT2D eigenvalue weighted by Crippen LogP contribution is 2.14. The third-order valence-corrected chi connectivity index (χ3v) is 2.59. The summed E-state index contributed by atoms with van der Waals surface area (Å²) in [5.41, 5.74) is 1.66. The van der Waals surface area contributed by atoms with Crippen molar-refractivity contribution in [2.75, 3.05) is 6.54 Å². The molecular weight excluding hydrogens is 244 g/mol. The first kappa shape index (κ1) is 15.0. The second-order valence-electron chi connectivity index (χ2n) is 4.31. The van der Waals surface area contributed by atoms with Crippen molar-refractivity contribution in [3.8, 4) is 5.75 Å². The molecule has 1 unspecified atom stereocenters. The molecule has 0 bridgehead atoms. The monoisotopic (exact) mass is 264 g/mol. The van der Waals surface area contributed by atoms with E-state index in [0.717, 1.165) is 5.56 Å². The number of rotatable bonds is 6. The summed E-state index contributed by atoms with van der Waals surface area (Å²) in [6.45, 7) is 5.92. The summed E-state index contributed by atoms with van der Waals surface area (Å²) in [6.07, 6.45) is 0.0642. The van der Waals surface area contributed by atoms with E-state index in [1.807, 2.05) is 19.1 Å². The summed E-state index contributed by atoms with van der Waals surface area (Å²) < 4.78 is 5.52. The van der Waals surface area contributed by atoms with E-state index in [4.69, 9.17) is 9.94 Å². The Morgan fingerprint density at radius 1 is 1.42 bits per heavy atom. The van der Waals surface area contributed by atoms with Gasteiger partial charge in [-0.05, 0) is 38.5 Å². The van der Waals surface area contributed by atoms with E-state index >= 15 is 0 Å². The highest BCUT2D eigenvalue weighted by Gasteiger charge is 2.13. The van der Waals surface area contributed by atoms with Crippen LogP contribution >= 0.6 is 0 Å². The lowest BCUT2D eigenvalue weighted by Crippen LogP contribution is -2.36. The van der Waals surface area contributed by atoms with Crippen LogP contribution in [0.3, 0.4) is 0 Å². The molecule has 19 heavy (non-hydrogen) atoms. The fourth-order valence-electron chi connectivity index (χ4n) is 1.59. The van der Waals surface area contributed by atoms with Crippen LogP contribution < -0.4 is 10.1 Å². The molecule has 2 N–H and O–H groups in total. The van der Waals surface area contributed by atoms with Gasteiger partial charge in [-0.3, -0.25) is 4.79 Å². The number of carbonyl (C=O) groups excluding carboxylic acids is 1. The molecule has 0 saturated heterocycles. The van der Waals surface area contributed by atoms with Gasteiger partial charge in [-0.25, -0.2) is 0 Å². The molecule has 1 rings (SSSR count). The van der Waals surface area contributed by atoms with Crippen LogP contribution in [0.4, 0.5) is 0 Å². The summed E-state index contributed by atoms with van der Waals surface area (Å²) in [6, 6.07) is 7.37. The van der Waals surface area contributed by atoms with Crippen LogP contribution in [0, 0.1) is 0 Å². The fraction of sp³-hybridized carbons (Fsp3) is 0.429. The van der Waals surface area contributed by atoms with E-state index in [0.29, 0.717) is 24.4 Å². The first-order chi connectivity index (χ1) is 9.06. The van der Waals surface area contributed by atoms with Crippen LogP contribution in [-0.4, -0.2) is 29.5 Å². The Kier molecular flexibility index (Phi) is 5.85. The van der Waals surface area contributed by atoms with Crippen molar-refractivity contribution in [3.63, 3.8) is 0 Å². The lowest BCUT2D eigenvalue weighted by atomic mass is 10.1. The second-order valence-corrected chi connectivity index (χ2v) is 4.31. The highest BCUT2D eigenvalue weighted by molar-refractivity contribution is 5.83. The number of benzene rings is 1. The fourth-order valence-corrected chi connectivity index (χ4v) is 1.59. The van der Waals surface area contributed by atoms with Crippen molar-refractivity contribution in [1.82, 2.24) is 5.32 Å². The minimum absolute atomic E-state index is 0.130. The third-order valence-electron chi connectivity index (χ3n) is 2.59. The molecule has 1 aromatic rings. The molecule has 0 saturated carbocycles. The van der Waals surface area contributed by atoms with E-state index in [2.05, 4.69) is 10.5 Å². The number of amides is 1. The predicted octanol–water partition coefficient (Wildman–Crippen LogP) is 1.98. The molecule has 0 spiro atoms. The van der Waals surface area contributed by atoms with Crippen LogP contribution in [0.5, 0.6) is 5.75 Å². The van der Waals surface area contributed by atoms with Crippen LogP contribution in [0.1, 0.15) is 26.3 Å². The molecule has 104 valence electrons. The Hall–Kier alpha value is -2.04. The van der Waals surface area contributed by atoms with Gasteiger partial charge in [0, 0.05) is 13.0 Å². The van der Waals surface area contributed by atoms with Crippen molar-refractivity contribution in [2.24, 2.45) is 5.16 Å². The lowest BCUT2D eigenvalue weighted by molar-refractivity contribution is -0.127. The van der Waals surface area contributed by atoms with Gasteiger partial charge in [0.2, 0.25) is 0 Å². The maximum absolute atomic E-state index is 11.5. The molecule has 0 heterocycles. The molecular formula is C14H20N2O3. The normalized spacial score (nSPS) is 12.9. The number of likely N-dealkylation sites (N-methyl/N-ethyl adjacent to an activating group) is 1. The molecule has 0 aliphatic rings. The number of hydrogen-bond donors (Lipinski definition) is 2. The van der Waals surface area contributed by atoms with Gasteiger partial charge in [0.05, 0.1) is 5.71 Å². The number of ether oxygens (including phenoxy) is 1. The topological polar surface area (TPSA) is 70.9 Å². The van der Waals surface area contributed by atoms with Crippen molar-refractivity contribution < 1.29 is 14.7 Å². The average Bonchev–Trinajstić information content (AvgIpc) is 2.41. The predicted molar refractivity (Wildman–Crippen MR) is 73.8 cm³/mol. The maximum Gasteiger partial charge on any atom is 0.260 e. The van der Waals surface area contributed by atoms with Crippen molar-refractivity contribution in [2.45, 2.75) is 33.3 Å². The molecule has 1 aromatic carbocycles. The standard InChI is InChI=1S/C14H20N2O3/c1-4-15-14(17)11(3)19-13-7-5-12(6-8-13)9-10(2)16-18/h5-8,11,18H,4,9H2,1-3H3,(H,15,17)/b16-10+. The Morgan fingerprint density at radius 2 is 2.05 bits per heavy atom. The molecule has 0 aliphatic carbocycles. The highest BCUT2D eigenvalue weighted by atomic mass is 16.5. The van der Waals surface area contributed by atoms with Gasteiger partial charge in [-0.1, -0.05) is 17.3 Å². The minimum Gasteiger partial charge on any atom is -0.481 e. The molecule has 0 aliphatic heterocycles. The Morgan fingerprint density at radius 3 is 2.58 bits per heavy atom. The Balaban J connectivity index is 2.59. The zero-order chi connectivity index (χ0) is 14.3. The largest absolute Gasteiger partial charge is 0.481 e. The van der Waals surface area contributed by atoms with Crippen molar-refractivity contribution in [3.05, 3.63) is 29.8 Å². The van der Waals surface area contributed by atoms with Crippen molar-refractivity contribution >= 4 is 11.6 Å². The van der Waals surface area contributed by atoms with Crippen LogP contribution in [-0.2, 0) is 11.2 Å². The van der Waals surface area contributed by atoms with Gasteiger partial charge in [0.1, 0.15) is 5.75 Å². The zero-order valence-electron chi connectivity index (χ0n) is 11.5. The number of oxime groups is 1. The number of carbonyl (C=O) groups is 1. The third kappa shape index (κ3) is 4.99. The smallest absolute Gasteiger partial charge is 0.260 e. The Labute approximate surface area is 113 Å². The number of nitrogens with zero attached hydrogens (tertiary/aromatic N) is 1. The molecule has 1 amide bonds. The van der Waals surface area contributed by atoms with Crippen molar-refractivity contribution in [1.29, 1.82) is 0 Å². The Bertz CT molecular complexity index is 441. The molecule has 0 fully saturated rings. The zero-order valence-corrected chi connectivity index (χ0v) is 11.5. The molecule has 5 nitrogen and oxygen atoms in total. The van der Waals surface area contributed by atoms with E-state index in [1.165, 1.54) is 0 Å². The van der Waals surface area contributed by atoms with Gasteiger partial charge in [0.15, 0.2) is 6.10 Å². The van der Waals surface area contributed by atoms with Gasteiger partial charge in [-0.15, -0.1) is 0 Å². The average molecular weight is 264 g/mol. The minimum atomic E-state index is -0.522. The van der Waals surface area contributed by atoms with E-state index in [9.17, 15) is 4.79 Å². The SMILES string of the molecule is CCNC(=O)C(C)Oc1ccc(C/C(C)=N/O)cc1. The summed E-state index contributed by atoms with van der Waals surface area (Å²) in [7, 11) is 0. The van der Waals surface area contributed by atoms with E-state index in [-0.39, 0.29) is 5.91 Å². The molecule has 5 heteroatoms. The van der Waals surface area contributed by atoms with Crippen LogP contribution in [0.25, 0.3) is 0 Å². The quantitative estimate of drug-likeness (QED) is 0.469. The van der Waals surface area contributed by atoms with Gasteiger partial charge >= 0.3 is 0 Å². The van der Waals surface area contributed by atoms with Crippen LogP contribution in [0.2, 0.25) is 0 Å². The first-order valence-corrected chi connectivity index (χ1v) is 6.27. The first-order valence-electron chi connectivity index (χ1n) is 6.27. The summed E-state index contributed by atoms with van der Waals surface area (Å²) in [4.78, 5) is 11.5. The second kappa shape index (κ2) is 7.41. The lowest BCUT2D eigenvalue weighted by Gasteiger charge is -2.14. The summed E-state index contributed by atoms with van der Waals surface area (Å²) in [5.74, 6) is 0.510. The van der Waals surface area contributed by atoms with Gasteiger partial charge < -0.3 is 15.3 Å². The van der Waals surface area contributed by atoms with Crippen LogP contribution in [0.15, 0.2) is 29.4 Å². The molecule has 0 aromatic heterocycles. The maximum atomic E-state index is 11.5. The summed E-state index contributed by atoms with van der Waals surface area (Å²) in [5, 5.41) is 14.4. The van der Waals surface area contributed by atoms with Gasteiger partial charge in [-0.2, -0.15) is 0 Å².